The number of guanidine groups is 1. The Morgan fingerprint density at radius 1 is 1.50 bits per heavy atom. The monoisotopic (exact) mass is 333 g/mol. The molecule has 0 radical (unpaired) electrons. The molecule has 0 amide bonds. The highest BCUT2D eigenvalue weighted by Crippen LogP contribution is 2.20. The van der Waals surface area contributed by atoms with Gasteiger partial charge in [0.25, 0.3) is 0 Å². The van der Waals surface area contributed by atoms with Gasteiger partial charge in [-0.2, -0.15) is 0 Å². The average Bonchev–Trinajstić information content (AvgIpc) is 2.96. The van der Waals surface area contributed by atoms with E-state index in [1.165, 1.54) is 0 Å². The van der Waals surface area contributed by atoms with Crippen molar-refractivity contribution < 1.29 is 9.53 Å². The molecule has 0 saturated carbocycles. The van der Waals surface area contributed by atoms with Gasteiger partial charge in [0.05, 0.1) is 18.2 Å². The lowest BCUT2D eigenvalue weighted by molar-refractivity contribution is -0.159. The lowest BCUT2D eigenvalue weighted by atomic mass is 10.1. The third-order valence-corrected chi connectivity index (χ3v) is 3.70. The second kappa shape index (κ2) is 7.59. The summed E-state index contributed by atoms with van der Waals surface area (Å²) in [4.78, 5) is 27.1. The number of aryl methyl sites for hydroxylation is 1. The van der Waals surface area contributed by atoms with Crippen molar-refractivity contribution in [3.05, 3.63) is 23.8 Å². The number of carbonyl (C=O) groups excluding carboxylic acids is 1. The Labute approximate surface area is 143 Å². The summed E-state index contributed by atoms with van der Waals surface area (Å²) in [6.07, 6.45) is 2.53. The van der Waals surface area contributed by atoms with E-state index in [0.29, 0.717) is 13.1 Å². The van der Waals surface area contributed by atoms with Gasteiger partial charge in [0.1, 0.15) is 11.4 Å². The van der Waals surface area contributed by atoms with Gasteiger partial charge in [-0.05, 0) is 40.2 Å². The van der Waals surface area contributed by atoms with Gasteiger partial charge in [0.2, 0.25) is 0 Å². The maximum atomic E-state index is 12.2. The molecular weight excluding hydrogens is 306 g/mol. The first-order valence-electron chi connectivity index (χ1n) is 8.25. The van der Waals surface area contributed by atoms with Crippen LogP contribution in [-0.4, -0.2) is 52.5 Å². The molecule has 1 N–H and O–H groups in total. The Hall–Kier alpha value is -2.18. The zero-order valence-electron chi connectivity index (χ0n) is 15.2. The van der Waals surface area contributed by atoms with Crippen LogP contribution < -0.4 is 5.32 Å². The summed E-state index contributed by atoms with van der Waals surface area (Å²) in [7, 11) is 1.74. The first-order valence-corrected chi connectivity index (χ1v) is 8.25. The number of ether oxygens (including phenoxy) is 1. The molecular formula is C17H27N5O2. The van der Waals surface area contributed by atoms with Gasteiger partial charge in [-0.1, -0.05) is 0 Å². The fourth-order valence-electron chi connectivity index (χ4n) is 2.64. The van der Waals surface area contributed by atoms with Gasteiger partial charge in [-0.15, -0.1) is 0 Å². The Bertz CT molecular complexity index is 609. The van der Waals surface area contributed by atoms with Crippen LogP contribution in [0.5, 0.6) is 0 Å². The number of hydrogen-bond acceptors (Lipinski definition) is 5. The standard InChI is InChI=1S/C17H27N5O2/c1-12-19-8-6-14(21-12)10-20-16(18-5)22-9-7-13(11-22)15(23)24-17(2,3)4/h6,8,13H,7,9-11H2,1-5H3,(H,18,20). The van der Waals surface area contributed by atoms with E-state index in [1.54, 1.807) is 13.2 Å². The van der Waals surface area contributed by atoms with E-state index in [1.807, 2.05) is 33.8 Å². The van der Waals surface area contributed by atoms with Crippen molar-refractivity contribution in [2.75, 3.05) is 20.1 Å². The molecule has 1 aliphatic rings. The molecule has 1 aromatic heterocycles. The highest BCUT2D eigenvalue weighted by atomic mass is 16.6. The van der Waals surface area contributed by atoms with Crippen molar-refractivity contribution in [2.24, 2.45) is 10.9 Å². The van der Waals surface area contributed by atoms with Crippen molar-refractivity contribution in [1.29, 1.82) is 0 Å². The third kappa shape index (κ3) is 5.18. The summed E-state index contributed by atoms with van der Waals surface area (Å²) >= 11 is 0. The van der Waals surface area contributed by atoms with E-state index in [4.69, 9.17) is 4.74 Å². The maximum Gasteiger partial charge on any atom is 0.311 e. The topological polar surface area (TPSA) is 79.7 Å². The molecule has 1 fully saturated rings. The zero-order chi connectivity index (χ0) is 17.7. The highest BCUT2D eigenvalue weighted by Gasteiger charge is 2.33. The molecule has 1 aromatic rings. The largest absolute Gasteiger partial charge is 0.460 e. The van der Waals surface area contributed by atoms with Crippen molar-refractivity contribution >= 4 is 11.9 Å². The summed E-state index contributed by atoms with van der Waals surface area (Å²) in [5.74, 6) is 1.28. The smallest absolute Gasteiger partial charge is 0.311 e. The van der Waals surface area contributed by atoms with Crippen LogP contribution in [0, 0.1) is 12.8 Å². The van der Waals surface area contributed by atoms with Crippen LogP contribution in [0.1, 0.15) is 38.7 Å². The summed E-state index contributed by atoms with van der Waals surface area (Å²) in [5, 5.41) is 3.30. The molecule has 2 heterocycles. The minimum Gasteiger partial charge on any atom is -0.460 e. The predicted octanol–water partition coefficient (Wildman–Crippen LogP) is 1.52. The Morgan fingerprint density at radius 2 is 2.25 bits per heavy atom. The van der Waals surface area contributed by atoms with Crippen molar-refractivity contribution in [3.63, 3.8) is 0 Å². The summed E-state index contributed by atoms with van der Waals surface area (Å²) in [5.41, 5.74) is 0.460. The van der Waals surface area contributed by atoms with Crippen LogP contribution in [0.3, 0.4) is 0 Å². The Balaban J connectivity index is 1.89. The molecule has 0 aliphatic carbocycles. The van der Waals surface area contributed by atoms with Gasteiger partial charge in [0.15, 0.2) is 5.96 Å². The lowest BCUT2D eigenvalue weighted by Crippen LogP contribution is -2.40. The predicted molar refractivity (Wildman–Crippen MR) is 92.5 cm³/mol. The first-order chi connectivity index (χ1) is 11.3. The highest BCUT2D eigenvalue weighted by molar-refractivity contribution is 5.82. The van der Waals surface area contributed by atoms with Gasteiger partial charge in [0, 0.05) is 26.3 Å². The number of likely N-dealkylation sites (tertiary alicyclic amines) is 1. The Kier molecular flexibility index (Phi) is 5.75. The maximum absolute atomic E-state index is 12.2. The van der Waals surface area contributed by atoms with E-state index in [0.717, 1.165) is 30.4 Å². The third-order valence-electron chi connectivity index (χ3n) is 3.70. The van der Waals surface area contributed by atoms with Gasteiger partial charge in [-0.25, -0.2) is 9.97 Å². The van der Waals surface area contributed by atoms with E-state index in [2.05, 4.69) is 25.2 Å². The summed E-state index contributed by atoms with van der Waals surface area (Å²) < 4.78 is 5.48. The van der Waals surface area contributed by atoms with E-state index in [9.17, 15) is 4.79 Å². The summed E-state index contributed by atoms with van der Waals surface area (Å²) in [6.45, 7) is 9.52. The molecule has 1 unspecified atom stereocenters. The van der Waals surface area contributed by atoms with E-state index < -0.39 is 5.60 Å². The second-order valence-electron chi connectivity index (χ2n) is 6.96. The minimum atomic E-state index is -0.449. The lowest BCUT2D eigenvalue weighted by Gasteiger charge is -2.23. The number of esters is 1. The molecule has 0 bridgehead atoms. The Morgan fingerprint density at radius 3 is 2.88 bits per heavy atom. The molecule has 2 rings (SSSR count). The molecule has 7 heteroatoms. The molecule has 24 heavy (non-hydrogen) atoms. The van der Waals surface area contributed by atoms with E-state index >= 15 is 0 Å². The number of aliphatic imine (C=N–C) groups is 1. The fourth-order valence-corrected chi connectivity index (χ4v) is 2.64. The molecule has 1 atom stereocenters. The quantitative estimate of drug-likeness (QED) is 0.513. The van der Waals surface area contributed by atoms with E-state index in [-0.39, 0.29) is 11.9 Å². The van der Waals surface area contributed by atoms with Crippen LogP contribution >= 0.6 is 0 Å². The number of carbonyl (C=O) groups is 1. The molecule has 1 aliphatic heterocycles. The number of nitrogens with zero attached hydrogens (tertiary/aromatic N) is 4. The fraction of sp³-hybridized carbons (Fsp3) is 0.647. The van der Waals surface area contributed by atoms with Gasteiger partial charge in [-0.3, -0.25) is 9.79 Å². The van der Waals surface area contributed by atoms with Crippen LogP contribution in [0.4, 0.5) is 0 Å². The number of rotatable bonds is 3. The van der Waals surface area contributed by atoms with Crippen LogP contribution in [0.25, 0.3) is 0 Å². The van der Waals surface area contributed by atoms with Crippen LogP contribution in [-0.2, 0) is 16.1 Å². The average molecular weight is 333 g/mol. The molecule has 132 valence electrons. The minimum absolute atomic E-state index is 0.107. The number of hydrogen-bond donors (Lipinski definition) is 1. The summed E-state index contributed by atoms with van der Waals surface area (Å²) in [6, 6.07) is 1.88. The second-order valence-corrected chi connectivity index (χ2v) is 6.96. The molecule has 0 spiro atoms. The van der Waals surface area contributed by atoms with Crippen molar-refractivity contribution in [2.45, 2.75) is 46.3 Å². The SMILES string of the molecule is CN=C(NCc1ccnc(C)n1)N1CCC(C(=O)OC(C)(C)C)C1. The van der Waals surface area contributed by atoms with Crippen molar-refractivity contribution in [1.82, 2.24) is 20.2 Å². The zero-order valence-corrected chi connectivity index (χ0v) is 15.2. The van der Waals surface area contributed by atoms with Crippen molar-refractivity contribution in [3.8, 4) is 0 Å². The van der Waals surface area contributed by atoms with Gasteiger partial charge < -0.3 is 15.0 Å². The first kappa shape index (κ1) is 18.2. The molecule has 1 saturated heterocycles. The molecule has 0 aromatic carbocycles. The normalized spacial score (nSPS) is 18.6. The number of aromatic nitrogens is 2. The van der Waals surface area contributed by atoms with Gasteiger partial charge >= 0.3 is 5.97 Å². The molecule has 7 nitrogen and oxygen atoms in total. The van der Waals surface area contributed by atoms with Crippen LogP contribution in [0.2, 0.25) is 0 Å². The van der Waals surface area contributed by atoms with Crippen LogP contribution in [0.15, 0.2) is 17.3 Å². The number of nitrogens with one attached hydrogen (secondary N) is 1.